The third kappa shape index (κ3) is 3.03. The molecule has 0 atom stereocenters. The maximum absolute atomic E-state index is 12.1. The Morgan fingerprint density at radius 1 is 1.35 bits per heavy atom. The second-order valence-corrected chi connectivity index (χ2v) is 4.83. The summed E-state index contributed by atoms with van der Waals surface area (Å²) in [5, 5.41) is 0. The van der Waals surface area contributed by atoms with Gasteiger partial charge in [0.25, 0.3) is 0 Å². The maximum atomic E-state index is 12.1. The zero-order valence-electron chi connectivity index (χ0n) is 9.93. The summed E-state index contributed by atoms with van der Waals surface area (Å²) in [6.07, 6.45) is 7.47. The lowest BCUT2D eigenvalue weighted by Gasteiger charge is -2.25. The Morgan fingerprint density at radius 3 is 2.71 bits per heavy atom. The minimum atomic E-state index is 0.161. The monoisotopic (exact) mass is 233 g/mol. The molecule has 1 fully saturated rings. The molecular weight excluding hydrogens is 214 g/mol. The highest BCUT2D eigenvalue weighted by molar-refractivity contribution is 5.84. The summed E-state index contributed by atoms with van der Waals surface area (Å²) in [4.78, 5) is 16.1. The van der Waals surface area contributed by atoms with E-state index in [4.69, 9.17) is 11.5 Å². The van der Waals surface area contributed by atoms with Crippen LogP contribution in [-0.2, 0) is 11.2 Å². The van der Waals surface area contributed by atoms with Crippen LogP contribution >= 0.6 is 0 Å². The average molecular weight is 233 g/mol. The molecule has 92 valence electrons. The van der Waals surface area contributed by atoms with E-state index >= 15 is 0 Å². The van der Waals surface area contributed by atoms with Crippen LogP contribution in [0.2, 0.25) is 0 Å². The summed E-state index contributed by atoms with van der Waals surface area (Å²) >= 11 is 0. The number of nitrogens with zero attached hydrogens (tertiary/aromatic N) is 1. The van der Waals surface area contributed by atoms with Crippen LogP contribution in [0.5, 0.6) is 0 Å². The summed E-state index contributed by atoms with van der Waals surface area (Å²) in [5.41, 5.74) is 13.1. The molecule has 0 saturated heterocycles. The Labute approximate surface area is 101 Å². The van der Waals surface area contributed by atoms with Crippen molar-refractivity contribution in [3.05, 3.63) is 24.0 Å². The van der Waals surface area contributed by atoms with E-state index in [9.17, 15) is 4.79 Å². The van der Waals surface area contributed by atoms with E-state index in [2.05, 4.69) is 4.98 Å². The van der Waals surface area contributed by atoms with E-state index in [1.165, 1.54) is 0 Å². The summed E-state index contributed by atoms with van der Waals surface area (Å²) in [5.74, 6) is 0.436. The number of pyridine rings is 1. The van der Waals surface area contributed by atoms with Gasteiger partial charge in [0, 0.05) is 42.0 Å². The van der Waals surface area contributed by atoms with Crippen LogP contribution in [0, 0.1) is 5.92 Å². The first-order chi connectivity index (χ1) is 8.16. The third-order valence-corrected chi connectivity index (χ3v) is 3.53. The number of aromatic nitrogens is 1. The third-order valence-electron chi connectivity index (χ3n) is 3.53. The van der Waals surface area contributed by atoms with Crippen LogP contribution in [0.25, 0.3) is 0 Å². The molecule has 17 heavy (non-hydrogen) atoms. The molecule has 0 spiro atoms. The zero-order valence-corrected chi connectivity index (χ0v) is 9.93. The molecule has 1 saturated carbocycles. The first kappa shape index (κ1) is 12.0. The van der Waals surface area contributed by atoms with Crippen molar-refractivity contribution >= 4 is 11.5 Å². The van der Waals surface area contributed by atoms with Crippen molar-refractivity contribution in [2.75, 3.05) is 5.73 Å². The van der Waals surface area contributed by atoms with Gasteiger partial charge in [-0.2, -0.15) is 0 Å². The predicted octanol–water partition coefficient (Wildman–Crippen LogP) is 1.29. The topological polar surface area (TPSA) is 82.0 Å². The SMILES string of the molecule is Nc1ccncc1CC(=O)C1CCC(N)CC1. The first-order valence-electron chi connectivity index (χ1n) is 6.13. The van der Waals surface area contributed by atoms with E-state index in [-0.39, 0.29) is 17.7 Å². The fourth-order valence-corrected chi connectivity index (χ4v) is 2.36. The quantitative estimate of drug-likeness (QED) is 0.824. The maximum Gasteiger partial charge on any atom is 0.140 e. The van der Waals surface area contributed by atoms with Gasteiger partial charge < -0.3 is 11.5 Å². The molecule has 4 heteroatoms. The molecule has 1 aliphatic rings. The van der Waals surface area contributed by atoms with Crippen LogP contribution in [-0.4, -0.2) is 16.8 Å². The normalized spacial score (nSPS) is 24.5. The van der Waals surface area contributed by atoms with Gasteiger partial charge in [0.2, 0.25) is 0 Å². The number of Topliss-reactive ketones (excluding diaryl/α,β-unsaturated/α-hetero) is 1. The number of hydrogen-bond acceptors (Lipinski definition) is 4. The Kier molecular flexibility index (Phi) is 3.74. The zero-order chi connectivity index (χ0) is 12.3. The van der Waals surface area contributed by atoms with Crippen molar-refractivity contribution in [3.63, 3.8) is 0 Å². The van der Waals surface area contributed by atoms with E-state index in [1.54, 1.807) is 18.5 Å². The molecule has 0 bridgehead atoms. The van der Waals surface area contributed by atoms with Gasteiger partial charge in [0.15, 0.2) is 0 Å². The van der Waals surface area contributed by atoms with Gasteiger partial charge in [-0.05, 0) is 31.7 Å². The molecule has 0 radical (unpaired) electrons. The summed E-state index contributed by atoms with van der Waals surface area (Å²) in [6, 6.07) is 2.02. The van der Waals surface area contributed by atoms with E-state index < -0.39 is 0 Å². The largest absolute Gasteiger partial charge is 0.398 e. The molecule has 4 nitrogen and oxygen atoms in total. The van der Waals surface area contributed by atoms with Crippen LogP contribution in [0.3, 0.4) is 0 Å². The van der Waals surface area contributed by atoms with Gasteiger partial charge in [-0.15, -0.1) is 0 Å². The fourth-order valence-electron chi connectivity index (χ4n) is 2.36. The highest BCUT2D eigenvalue weighted by Crippen LogP contribution is 2.25. The second-order valence-electron chi connectivity index (χ2n) is 4.83. The van der Waals surface area contributed by atoms with Gasteiger partial charge in [-0.25, -0.2) is 0 Å². The van der Waals surface area contributed by atoms with Gasteiger partial charge in [0.05, 0.1) is 0 Å². The summed E-state index contributed by atoms with van der Waals surface area (Å²) in [7, 11) is 0. The number of carbonyl (C=O) groups excluding carboxylic acids is 1. The average Bonchev–Trinajstić information content (AvgIpc) is 2.33. The van der Waals surface area contributed by atoms with Crippen LogP contribution in [0.15, 0.2) is 18.5 Å². The van der Waals surface area contributed by atoms with Gasteiger partial charge in [-0.1, -0.05) is 0 Å². The molecule has 1 aliphatic carbocycles. The molecular formula is C13H19N3O. The van der Waals surface area contributed by atoms with E-state index in [0.29, 0.717) is 12.1 Å². The number of anilines is 1. The fraction of sp³-hybridized carbons (Fsp3) is 0.538. The van der Waals surface area contributed by atoms with Crippen molar-refractivity contribution < 1.29 is 4.79 Å². The van der Waals surface area contributed by atoms with Crippen molar-refractivity contribution in [3.8, 4) is 0 Å². The number of carbonyl (C=O) groups is 1. The highest BCUT2D eigenvalue weighted by atomic mass is 16.1. The number of nitrogens with two attached hydrogens (primary N) is 2. The van der Waals surface area contributed by atoms with E-state index in [1.807, 2.05) is 0 Å². The lowest BCUT2D eigenvalue weighted by Crippen LogP contribution is -2.30. The van der Waals surface area contributed by atoms with Gasteiger partial charge in [-0.3, -0.25) is 9.78 Å². The molecule has 0 aliphatic heterocycles. The second kappa shape index (κ2) is 5.27. The smallest absolute Gasteiger partial charge is 0.140 e. The summed E-state index contributed by atoms with van der Waals surface area (Å²) < 4.78 is 0. The lowest BCUT2D eigenvalue weighted by molar-refractivity contribution is -0.123. The van der Waals surface area contributed by atoms with Crippen LogP contribution < -0.4 is 11.5 Å². The van der Waals surface area contributed by atoms with Crippen molar-refractivity contribution in [1.29, 1.82) is 0 Å². The Morgan fingerprint density at radius 2 is 2.06 bits per heavy atom. The molecule has 0 aromatic carbocycles. The Balaban J connectivity index is 1.95. The molecule has 1 aromatic heterocycles. The van der Waals surface area contributed by atoms with Gasteiger partial charge >= 0.3 is 0 Å². The molecule has 1 aromatic rings. The molecule has 1 heterocycles. The number of ketones is 1. The highest BCUT2D eigenvalue weighted by Gasteiger charge is 2.24. The lowest BCUT2D eigenvalue weighted by atomic mass is 9.82. The standard InChI is InChI=1S/C13H19N3O/c14-11-3-1-9(2-4-11)13(17)7-10-8-16-6-5-12(10)15/h5-6,8-9,11H,1-4,7,14H2,(H2,15,16). The molecule has 0 amide bonds. The molecule has 2 rings (SSSR count). The minimum Gasteiger partial charge on any atom is -0.398 e. The number of rotatable bonds is 3. The predicted molar refractivity (Wildman–Crippen MR) is 67.3 cm³/mol. The van der Waals surface area contributed by atoms with Crippen molar-refractivity contribution in [2.24, 2.45) is 11.7 Å². The Hall–Kier alpha value is -1.42. The van der Waals surface area contributed by atoms with Gasteiger partial charge in [0.1, 0.15) is 5.78 Å². The van der Waals surface area contributed by atoms with Crippen molar-refractivity contribution in [1.82, 2.24) is 4.98 Å². The minimum absolute atomic E-state index is 0.161. The molecule has 4 N–H and O–H groups in total. The number of nitrogen functional groups attached to an aromatic ring is 1. The van der Waals surface area contributed by atoms with E-state index in [0.717, 1.165) is 31.2 Å². The van der Waals surface area contributed by atoms with Crippen LogP contribution in [0.4, 0.5) is 5.69 Å². The van der Waals surface area contributed by atoms with Crippen molar-refractivity contribution in [2.45, 2.75) is 38.1 Å². The first-order valence-corrected chi connectivity index (χ1v) is 6.13. The Bertz CT molecular complexity index is 397. The van der Waals surface area contributed by atoms with Crippen LogP contribution in [0.1, 0.15) is 31.2 Å². The summed E-state index contributed by atoms with van der Waals surface area (Å²) in [6.45, 7) is 0. The number of hydrogen-bond donors (Lipinski definition) is 2. The molecule has 0 unspecified atom stereocenters.